The first-order valence-electron chi connectivity index (χ1n) is 6.58. The average Bonchev–Trinajstić information content (AvgIpc) is 2.47. The number of hydrogen-bond acceptors (Lipinski definition) is 2. The molecule has 2 rings (SSSR count). The summed E-state index contributed by atoms with van der Waals surface area (Å²) in [5.74, 6) is 6.62. The lowest BCUT2D eigenvalue weighted by Gasteiger charge is -2.04. The van der Waals surface area contributed by atoms with Crippen molar-refractivity contribution in [2.75, 3.05) is 5.75 Å². The van der Waals surface area contributed by atoms with E-state index in [0.29, 0.717) is 5.75 Å². The average molecular weight is 282 g/mol. The summed E-state index contributed by atoms with van der Waals surface area (Å²) in [4.78, 5) is 1.26. The summed E-state index contributed by atoms with van der Waals surface area (Å²) in [5, 5.41) is 9.93. The Bertz CT molecular complexity index is 623. The molecule has 0 saturated heterocycles. The van der Waals surface area contributed by atoms with E-state index in [1.54, 1.807) is 11.8 Å². The highest BCUT2D eigenvalue weighted by Crippen LogP contribution is 2.23. The van der Waals surface area contributed by atoms with E-state index in [1.807, 2.05) is 30.3 Å². The van der Waals surface area contributed by atoms with Gasteiger partial charge in [0.15, 0.2) is 0 Å². The van der Waals surface area contributed by atoms with Crippen LogP contribution in [0.2, 0.25) is 0 Å². The Hall–Kier alpha value is -1.69. The van der Waals surface area contributed by atoms with Crippen molar-refractivity contribution in [3.63, 3.8) is 0 Å². The SMILES string of the molecule is Cc1ccc(C)c(SCC#CC(O)c2ccccc2)c1. The van der Waals surface area contributed by atoms with Gasteiger partial charge in [-0.15, -0.1) is 11.8 Å². The molecule has 0 spiro atoms. The second-order valence-electron chi connectivity index (χ2n) is 4.69. The first kappa shape index (κ1) is 14.7. The van der Waals surface area contributed by atoms with Gasteiger partial charge in [-0.1, -0.05) is 59.9 Å². The third-order valence-electron chi connectivity index (χ3n) is 3.00. The molecule has 1 N–H and O–H groups in total. The Kier molecular flexibility index (Phi) is 5.29. The molecule has 0 aliphatic heterocycles. The van der Waals surface area contributed by atoms with Gasteiger partial charge in [0.25, 0.3) is 0 Å². The predicted molar refractivity (Wildman–Crippen MR) is 85.8 cm³/mol. The molecule has 0 radical (unpaired) electrons. The van der Waals surface area contributed by atoms with E-state index in [1.165, 1.54) is 16.0 Å². The molecule has 0 aliphatic rings. The van der Waals surface area contributed by atoms with E-state index in [2.05, 4.69) is 43.9 Å². The standard InChI is InChI=1S/C18H18OS/c1-14-10-11-15(2)18(13-14)20-12-6-9-17(19)16-7-4-3-5-8-16/h3-5,7-8,10-11,13,17,19H,12H2,1-2H3. The molecule has 0 fully saturated rings. The lowest BCUT2D eigenvalue weighted by atomic mass is 10.1. The van der Waals surface area contributed by atoms with Gasteiger partial charge in [0.1, 0.15) is 6.10 Å². The van der Waals surface area contributed by atoms with Crippen molar-refractivity contribution in [2.24, 2.45) is 0 Å². The molecule has 2 heteroatoms. The minimum Gasteiger partial charge on any atom is -0.376 e. The molecular formula is C18H18OS. The van der Waals surface area contributed by atoms with E-state index in [4.69, 9.17) is 0 Å². The highest BCUT2D eigenvalue weighted by Gasteiger charge is 2.01. The van der Waals surface area contributed by atoms with Gasteiger partial charge in [-0.3, -0.25) is 0 Å². The largest absolute Gasteiger partial charge is 0.376 e. The summed E-state index contributed by atoms with van der Waals surface area (Å²) in [7, 11) is 0. The second kappa shape index (κ2) is 7.19. The van der Waals surface area contributed by atoms with Gasteiger partial charge in [-0.25, -0.2) is 0 Å². The van der Waals surface area contributed by atoms with Crippen LogP contribution in [0, 0.1) is 25.7 Å². The molecule has 0 bridgehead atoms. The Morgan fingerprint density at radius 3 is 2.60 bits per heavy atom. The van der Waals surface area contributed by atoms with Crippen LogP contribution in [0.1, 0.15) is 22.8 Å². The summed E-state index contributed by atoms with van der Waals surface area (Å²) >= 11 is 1.71. The van der Waals surface area contributed by atoms with Gasteiger partial charge in [0.2, 0.25) is 0 Å². The van der Waals surface area contributed by atoms with Crippen molar-refractivity contribution in [1.82, 2.24) is 0 Å². The molecule has 1 unspecified atom stereocenters. The Balaban J connectivity index is 1.93. The fourth-order valence-corrected chi connectivity index (χ4v) is 2.71. The smallest absolute Gasteiger partial charge is 0.140 e. The van der Waals surface area contributed by atoms with Crippen molar-refractivity contribution < 1.29 is 5.11 Å². The number of thioether (sulfide) groups is 1. The van der Waals surface area contributed by atoms with Gasteiger partial charge in [0, 0.05) is 4.90 Å². The summed E-state index contributed by atoms with van der Waals surface area (Å²) in [6.45, 7) is 4.20. The number of hydrogen-bond donors (Lipinski definition) is 1. The van der Waals surface area contributed by atoms with Crippen LogP contribution in [0.3, 0.4) is 0 Å². The van der Waals surface area contributed by atoms with E-state index in [-0.39, 0.29) is 0 Å². The summed E-state index contributed by atoms with van der Waals surface area (Å²) in [6, 6.07) is 15.9. The van der Waals surface area contributed by atoms with Crippen molar-refractivity contribution in [3.8, 4) is 11.8 Å². The molecule has 2 aromatic rings. The molecule has 2 aromatic carbocycles. The predicted octanol–water partition coefficient (Wildman–Crippen LogP) is 4.13. The molecule has 0 amide bonds. The third-order valence-corrected chi connectivity index (χ3v) is 4.04. The quantitative estimate of drug-likeness (QED) is 0.674. The molecule has 20 heavy (non-hydrogen) atoms. The monoisotopic (exact) mass is 282 g/mol. The topological polar surface area (TPSA) is 20.2 Å². The normalized spacial score (nSPS) is 11.6. The molecule has 0 aliphatic carbocycles. The van der Waals surface area contributed by atoms with Crippen LogP contribution in [-0.2, 0) is 0 Å². The number of aliphatic hydroxyl groups excluding tert-OH is 1. The molecule has 1 nitrogen and oxygen atoms in total. The first-order valence-corrected chi connectivity index (χ1v) is 7.57. The zero-order valence-electron chi connectivity index (χ0n) is 11.8. The van der Waals surface area contributed by atoms with E-state index in [0.717, 1.165) is 5.56 Å². The van der Waals surface area contributed by atoms with Crippen LogP contribution in [0.25, 0.3) is 0 Å². The fourth-order valence-electron chi connectivity index (χ4n) is 1.83. The summed E-state index contributed by atoms with van der Waals surface area (Å²) in [5.41, 5.74) is 3.37. The number of benzene rings is 2. The van der Waals surface area contributed by atoms with E-state index >= 15 is 0 Å². The van der Waals surface area contributed by atoms with Gasteiger partial charge in [-0.2, -0.15) is 0 Å². The fraction of sp³-hybridized carbons (Fsp3) is 0.222. The van der Waals surface area contributed by atoms with Crippen molar-refractivity contribution in [3.05, 3.63) is 65.2 Å². The maximum atomic E-state index is 9.93. The van der Waals surface area contributed by atoms with E-state index < -0.39 is 6.10 Å². The summed E-state index contributed by atoms with van der Waals surface area (Å²) in [6.07, 6.45) is -0.699. The lowest BCUT2D eigenvalue weighted by Crippen LogP contribution is -1.92. The maximum Gasteiger partial charge on any atom is 0.140 e. The van der Waals surface area contributed by atoms with Crippen molar-refractivity contribution in [1.29, 1.82) is 0 Å². The maximum absolute atomic E-state index is 9.93. The minimum atomic E-state index is -0.699. The Morgan fingerprint density at radius 2 is 1.85 bits per heavy atom. The van der Waals surface area contributed by atoms with Crippen LogP contribution >= 0.6 is 11.8 Å². The van der Waals surface area contributed by atoms with Crippen LogP contribution in [-0.4, -0.2) is 10.9 Å². The van der Waals surface area contributed by atoms with Crippen molar-refractivity contribution >= 4 is 11.8 Å². The van der Waals surface area contributed by atoms with Crippen LogP contribution < -0.4 is 0 Å². The van der Waals surface area contributed by atoms with Crippen LogP contribution in [0.5, 0.6) is 0 Å². The van der Waals surface area contributed by atoms with E-state index in [9.17, 15) is 5.11 Å². The van der Waals surface area contributed by atoms with Crippen LogP contribution in [0.4, 0.5) is 0 Å². The number of rotatable bonds is 3. The first-order chi connectivity index (χ1) is 9.66. The minimum absolute atomic E-state index is 0.689. The highest BCUT2D eigenvalue weighted by molar-refractivity contribution is 7.99. The zero-order valence-corrected chi connectivity index (χ0v) is 12.6. The molecule has 1 atom stereocenters. The van der Waals surface area contributed by atoms with Gasteiger partial charge in [-0.05, 0) is 31.0 Å². The molecule has 0 saturated carbocycles. The number of aryl methyl sites for hydroxylation is 2. The van der Waals surface area contributed by atoms with Crippen molar-refractivity contribution in [2.45, 2.75) is 24.8 Å². The summed E-state index contributed by atoms with van der Waals surface area (Å²) < 4.78 is 0. The highest BCUT2D eigenvalue weighted by atomic mass is 32.2. The third kappa shape index (κ3) is 4.16. The molecule has 0 aromatic heterocycles. The van der Waals surface area contributed by atoms with Gasteiger partial charge >= 0.3 is 0 Å². The second-order valence-corrected chi connectivity index (χ2v) is 5.71. The van der Waals surface area contributed by atoms with Gasteiger partial charge < -0.3 is 5.11 Å². The Morgan fingerprint density at radius 1 is 1.10 bits per heavy atom. The Labute approximate surface area is 125 Å². The lowest BCUT2D eigenvalue weighted by molar-refractivity contribution is 0.238. The molecule has 0 heterocycles. The molecule has 102 valence electrons. The van der Waals surface area contributed by atoms with Crippen LogP contribution in [0.15, 0.2) is 53.4 Å². The molecular weight excluding hydrogens is 264 g/mol. The number of aliphatic hydroxyl groups is 1. The zero-order chi connectivity index (χ0) is 14.4. The van der Waals surface area contributed by atoms with Gasteiger partial charge in [0.05, 0.1) is 5.75 Å².